The molecule has 1 unspecified atom stereocenters. The van der Waals surface area contributed by atoms with Gasteiger partial charge in [0.15, 0.2) is 0 Å². The summed E-state index contributed by atoms with van der Waals surface area (Å²) in [6.07, 6.45) is 5.57. The number of nitrogens with zero attached hydrogens (tertiary/aromatic N) is 4. The van der Waals surface area contributed by atoms with E-state index in [0.717, 1.165) is 18.4 Å². The van der Waals surface area contributed by atoms with Gasteiger partial charge in [0, 0.05) is 38.4 Å². The van der Waals surface area contributed by atoms with E-state index in [2.05, 4.69) is 25.9 Å². The third-order valence-electron chi connectivity index (χ3n) is 9.08. The fourth-order valence-corrected chi connectivity index (χ4v) is 6.15. The predicted octanol–water partition coefficient (Wildman–Crippen LogP) is 1.64. The van der Waals surface area contributed by atoms with Crippen LogP contribution in [0.15, 0.2) is 48.9 Å². The van der Waals surface area contributed by atoms with Crippen LogP contribution in [-0.4, -0.2) is 105 Å². The molecule has 5 amide bonds. The Kier molecular flexibility index (Phi) is 13.6. The summed E-state index contributed by atoms with van der Waals surface area (Å²) >= 11 is 0. The number of likely N-dealkylation sites (tertiary alicyclic amines) is 2. The van der Waals surface area contributed by atoms with Crippen LogP contribution in [0.4, 0.5) is 0 Å². The molecular formula is C36H49N7O7. The third-order valence-corrected chi connectivity index (χ3v) is 9.08. The van der Waals surface area contributed by atoms with Gasteiger partial charge in [0.2, 0.25) is 23.5 Å². The number of ether oxygens (including phenoxy) is 1. The van der Waals surface area contributed by atoms with Crippen molar-refractivity contribution in [3.05, 3.63) is 60.2 Å². The minimum Gasteiger partial charge on any atom is -0.372 e. The number of ketones is 1. The molecule has 2 aliphatic heterocycles. The van der Waals surface area contributed by atoms with Crippen LogP contribution < -0.4 is 16.0 Å². The second-order valence-corrected chi connectivity index (χ2v) is 13.5. The molecule has 270 valence electrons. The topological polar surface area (TPSA) is 180 Å². The van der Waals surface area contributed by atoms with Crippen LogP contribution in [0, 0.1) is 11.8 Å². The van der Waals surface area contributed by atoms with E-state index in [4.69, 9.17) is 4.74 Å². The highest BCUT2D eigenvalue weighted by atomic mass is 16.5. The van der Waals surface area contributed by atoms with Crippen LogP contribution in [-0.2, 0) is 35.3 Å². The van der Waals surface area contributed by atoms with Gasteiger partial charge < -0.3 is 30.5 Å². The summed E-state index contributed by atoms with van der Waals surface area (Å²) in [4.78, 5) is 91.5. The fourth-order valence-electron chi connectivity index (χ4n) is 6.15. The van der Waals surface area contributed by atoms with E-state index in [-0.39, 0.29) is 37.6 Å². The SMILES string of the molecule is CCC(NC(=O)[C@@H]1C[C@@H](OCc2ccccc2)CN1C(=O)[C@H](NC(=O)[C@H](NC(=O)c1cnccn1)C(C)C)C(C)C)C(=O)C(=O)N1CCCC1. The maximum absolute atomic E-state index is 14.3. The molecule has 1 aromatic carbocycles. The molecule has 0 spiro atoms. The number of nitrogens with one attached hydrogen (secondary N) is 3. The van der Waals surface area contributed by atoms with Crippen molar-refractivity contribution in [2.24, 2.45) is 11.8 Å². The number of carbonyl (C=O) groups excluding carboxylic acids is 6. The zero-order valence-electron chi connectivity index (χ0n) is 29.5. The van der Waals surface area contributed by atoms with E-state index < -0.39 is 71.5 Å². The monoisotopic (exact) mass is 691 g/mol. The number of Topliss-reactive ketones (excluding diaryl/α,β-unsaturated/α-hetero) is 1. The number of hydrogen-bond donors (Lipinski definition) is 3. The summed E-state index contributed by atoms with van der Waals surface area (Å²) in [6.45, 7) is 10.1. The first-order chi connectivity index (χ1) is 23.9. The summed E-state index contributed by atoms with van der Waals surface area (Å²) in [6, 6.07) is 5.37. The standard InChI is InChI=1S/C36H49N7O7/c1-6-26(31(44)36(49)42-16-10-11-17-42)39-33(46)28-18-25(50-21-24-12-8-7-9-13-24)20-43(28)35(48)30(23(4)5)41-34(47)29(22(2)3)40-32(45)27-19-37-14-15-38-27/h7-9,12-15,19,22-23,25-26,28-30H,6,10-11,16-18,20-21H2,1-5H3,(H,39,46)(H,40,45)(H,41,47)/t25-,26?,28+,29-,30-/m1/s1. The van der Waals surface area contributed by atoms with Gasteiger partial charge in [-0.05, 0) is 36.7 Å². The Morgan fingerprint density at radius 3 is 2.18 bits per heavy atom. The maximum Gasteiger partial charge on any atom is 0.292 e. The average molecular weight is 692 g/mol. The minimum absolute atomic E-state index is 0.0425. The average Bonchev–Trinajstić information content (AvgIpc) is 3.81. The quantitative estimate of drug-likeness (QED) is 0.234. The number of amides is 5. The van der Waals surface area contributed by atoms with Crippen molar-refractivity contribution in [2.45, 2.75) is 97.2 Å². The van der Waals surface area contributed by atoms with Crippen molar-refractivity contribution in [3.8, 4) is 0 Å². The number of hydrogen-bond acceptors (Lipinski definition) is 9. The molecular weight excluding hydrogens is 642 g/mol. The van der Waals surface area contributed by atoms with Gasteiger partial charge in [-0.3, -0.25) is 33.8 Å². The second-order valence-electron chi connectivity index (χ2n) is 13.5. The van der Waals surface area contributed by atoms with E-state index in [1.165, 1.54) is 28.4 Å². The van der Waals surface area contributed by atoms with Crippen LogP contribution in [0.1, 0.15) is 76.4 Å². The molecule has 4 rings (SSSR count). The molecule has 2 saturated heterocycles. The van der Waals surface area contributed by atoms with Gasteiger partial charge in [0.25, 0.3) is 11.8 Å². The van der Waals surface area contributed by atoms with Crippen molar-refractivity contribution in [1.82, 2.24) is 35.7 Å². The van der Waals surface area contributed by atoms with Crippen LogP contribution in [0.25, 0.3) is 0 Å². The molecule has 14 heteroatoms. The smallest absolute Gasteiger partial charge is 0.292 e. The molecule has 0 saturated carbocycles. The van der Waals surface area contributed by atoms with Gasteiger partial charge in [0.1, 0.15) is 23.8 Å². The summed E-state index contributed by atoms with van der Waals surface area (Å²) in [7, 11) is 0. The lowest BCUT2D eigenvalue weighted by Gasteiger charge is -2.32. The van der Waals surface area contributed by atoms with Gasteiger partial charge in [0.05, 0.1) is 24.9 Å². The number of aromatic nitrogens is 2. The van der Waals surface area contributed by atoms with Gasteiger partial charge in [-0.1, -0.05) is 65.0 Å². The summed E-state index contributed by atoms with van der Waals surface area (Å²) in [5.41, 5.74) is 0.965. The van der Waals surface area contributed by atoms with Gasteiger partial charge in [-0.25, -0.2) is 4.98 Å². The number of carbonyl (C=O) groups is 6. The summed E-state index contributed by atoms with van der Waals surface area (Å²) in [5.74, 6) is -4.29. The van der Waals surface area contributed by atoms with Gasteiger partial charge in [-0.2, -0.15) is 0 Å². The minimum atomic E-state index is -1.05. The first-order valence-corrected chi connectivity index (χ1v) is 17.4. The Balaban J connectivity index is 1.52. The van der Waals surface area contributed by atoms with Crippen LogP contribution >= 0.6 is 0 Å². The van der Waals surface area contributed by atoms with Crippen LogP contribution in [0.5, 0.6) is 0 Å². The Bertz CT molecular complexity index is 1500. The van der Waals surface area contributed by atoms with E-state index in [1.807, 2.05) is 30.3 Å². The lowest BCUT2D eigenvalue weighted by Crippen LogP contribution is -2.59. The van der Waals surface area contributed by atoms with Crippen molar-refractivity contribution in [2.75, 3.05) is 19.6 Å². The number of benzene rings is 1. The lowest BCUT2D eigenvalue weighted by molar-refractivity contribution is -0.146. The molecule has 50 heavy (non-hydrogen) atoms. The van der Waals surface area contributed by atoms with E-state index in [1.54, 1.807) is 34.6 Å². The highest BCUT2D eigenvalue weighted by Crippen LogP contribution is 2.25. The maximum atomic E-state index is 14.3. The highest BCUT2D eigenvalue weighted by Gasteiger charge is 2.45. The zero-order chi connectivity index (χ0) is 36.4. The largest absolute Gasteiger partial charge is 0.372 e. The van der Waals surface area contributed by atoms with Crippen LogP contribution in [0.3, 0.4) is 0 Å². The van der Waals surface area contributed by atoms with Crippen LogP contribution in [0.2, 0.25) is 0 Å². The first-order valence-electron chi connectivity index (χ1n) is 17.4. The molecule has 5 atom stereocenters. The molecule has 2 fully saturated rings. The highest BCUT2D eigenvalue weighted by molar-refractivity contribution is 6.38. The van der Waals surface area contributed by atoms with Crippen molar-refractivity contribution >= 4 is 35.3 Å². The van der Waals surface area contributed by atoms with E-state index in [9.17, 15) is 28.8 Å². The Morgan fingerprint density at radius 2 is 1.58 bits per heavy atom. The molecule has 0 bridgehead atoms. The van der Waals surface area contributed by atoms with Gasteiger partial charge >= 0.3 is 0 Å². The molecule has 3 N–H and O–H groups in total. The third kappa shape index (κ3) is 9.71. The van der Waals surface area contributed by atoms with E-state index >= 15 is 0 Å². The molecule has 0 radical (unpaired) electrons. The summed E-state index contributed by atoms with van der Waals surface area (Å²) < 4.78 is 6.16. The second kappa shape index (κ2) is 17.8. The Labute approximate surface area is 293 Å². The molecule has 14 nitrogen and oxygen atoms in total. The van der Waals surface area contributed by atoms with Crippen molar-refractivity contribution < 1.29 is 33.5 Å². The molecule has 2 aromatic rings. The summed E-state index contributed by atoms with van der Waals surface area (Å²) in [5, 5.41) is 8.26. The number of rotatable bonds is 15. The van der Waals surface area contributed by atoms with Crippen molar-refractivity contribution in [3.63, 3.8) is 0 Å². The first kappa shape index (κ1) is 38.1. The van der Waals surface area contributed by atoms with Crippen molar-refractivity contribution in [1.29, 1.82) is 0 Å². The van der Waals surface area contributed by atoms with Gasteiger partial charge in [-0.15, -0.1) is 0 Å². The normalized spacial score (nSPS) is 19.2. The molecule has 0 aliphatic carbocycles. The molecule has 2 aliphatic rings. The Morgan fingerprint density at radius 1 is 0.900 bits per heavy atom. The molecule has 1 aromatic heterocycles. The van der Waals surface area contributed by atoms with E-state index in [0.29, 0.717) is 13.1 Å². The Hall–Kier alpha value is -4.72. The zero-order valence-corrected chi connectivity index (χ0v) is 29.5. The fraction of sp³-hybridized carbons (Fsp3) is 0.556. The predicted molar refractivity (Wildman–Crippen MR) is 183 cm³/mol. The lowest BCUT2D eigenvalue weighted by atomic mass is 9.98. The molecule has 3 heterocycles.